The fourth-order valence-corrected chi connectivity index (χ4v) is 7.36. The van der Waals surface area contributed by atoms with Gasteiger partial charge in [0.05, 0.1) is 22.1 Å². The van der Waals surface area contributed by atoms with Crippen LogP contribution in [0.4, 0.5) is 0 Å². The van der Waals surface area contributed by atoms with E-state index >= 15 is 0 Å². The number of rotatable bonds is 3. The normalized spacial score (nSPS) is 12.0. The van der Waals surface area contributed by atoms with Gasteiger partial charge in [-0.2, -0.15) is 0 Å². The van der Waals surface area contributed by atoms with Crippen LogP contribution in [0.2, 0.25) is 0 Å². The quantitative estimate of drug-likeness (QED) is 0.206. The third kappa shape index (κ3) is 3.46. The van der Waals surface area contributed by atoms with Crippen LogP contribution in [0.25, 0.3) is 88.1 Å². The van der Waals surface area contributed by atoms with Crippen LogP contribution < -0.4 is 0 Å². The molecule has 0 spiro atoms. The molecule has 0 unspecified atom stereocenters. The van der Waals surface area contributed by atoms with Gasteiger partial charge >= 0.3 is 0 Å². The first-order valence-corrected chi connectivity index (χ1v) is 15.4. The van der Waals surface area contributed by atoms with Crippen molar-refractivity contribution in [3.63, 3.8) is 0 Å². The average molecular weight is 575 g/mol. The van der Waals surface area contributed by atoms with Gasteiger partial charge in [-0.1, -0.05) is 97.1 Å². The molecule has 0 saturated carbocycles. The van der Waals surface area contributed by atoms with Crippen molar-refractivity contribution in [2.24, 2.45) is 0 Å². The Balaban J connectivity index is 1.27. The van der Waals surface area contributed by atoms with Crippen LogP contribution in [-0.4, -0.2) is 9.13 Å². The lowest BCUT2D eigenvalue weighted by atomic mass is 10.0. The maximum absolute atomic E-state index is 6.25. The van der Waals surface area contributed by atoms with E-state index in [1.165, 1.54) is 43.6 Å². The maximum Gasteiger partial charge on any atom is 0.136 e. The van der Waals surface area contributed by atoms with Gasteiger partial charge < -0.3 is 13.6 Å². The van der Waals surface area contributed by atoms with Crippen LogP contribution in [0.5, 0.6) is 0 Å². The van der Waals surface area contributed by atoms with Gasteiger partial charge in [0.1, 0.15) is 11.2 Å². The number of furan rings is 1. The summed E-state index contributed by atoms with van der Waals surface area (Å²) in [4.78, 5) is 0. The van der Waals surface area contributed by atoms with E-state index in [9.17, 15) is 0 Å². The molecule has 210 valence electrons. The van der Waals surface area contributed by atoms with Gasteiger partial charge in [0.25, 0.3) is 0 Å². The predicted octanol–water partition coefficient (Wildman–Crippen LogP) is 11.4. The second-order valence-corrected chi connectivity index (χ2v) is 11.8. The number of benzene rings is 7. The monoisotopic (exact) mass is 574 g/mol. The Morgan fingerprint density at radius 3 is 1.87 bits per heavy atom. The van der Waals surface area contributed by atoms with Crippen molar-refractivity contribution < 1.29 is 4.42 Å². The van der Waals surface area contributed by atoms with E-state index in [0.717, 1.165) is 44.4 Å². The van der Waals surface area contributed by atoms with Gasteiger partial charge in [0, 0.05) is 43.7 Å². The molecule has 0 atom stereocenters. The van der Waals surface area contributed by atoms with Crippen molar-refractivity contribution >= 4 is 65.6 Å². The Kier molecular flexibility index (Phi) is 5.00. The van der Waals surface area contributed by atoms with Crippen molar-refractivity contribution in [1.29, 1.82) is 0 Å². The number of nitrogens with zero attached hydrogens (tertiary/aromatic N) is 2. The number of aromatic nitrogens is 2. The summed E-state index contributed by atoms with van der Waals surface area (Å²) >= 11 is 0. The molecule has 7 aromatic carbocycles. The smallest absolute Gasteiger partial charge is 0.136 e. The SMILES string of the molecule is c1ccc(-n2c3ccccc3c3c2ccc2c4ccccc4n(-c4cccc(-c5ccc6c(c5)oc5ccccc56)c4)c23)cc1. The summed E-state index contributed by atoms with van der Waals surface area (Å²) in [5, 5.41) is 7.31. The average Bonchev–Trinajstić information content (AvgIpc) is 3.76. The first kappa shape index (κ1) is 24.4. The molecule has 3 aromatic heterocycles. The summed E-state index contributed by atoms with van der Waals surface area (Å²) in [7, 11) is 0. The number of hydrogen-bond donors (Lipinski definition) is 0. The van der Waals surface area contributed by atoms with Crippen molar-refractivity contribution in [2.45, 2.75) is 0 Å². The number of hydrogen-bond acceptors (Lipinski definition) is 1. The Labute approximate surface area is 258 Å². The summed E-state index contributed by atoms with van der Waals surface area (Å²) < 4.78 is 11.1. The van der Waals surface area contributed by atoms with Gasteiger partial charge in [0.15, 0.2) is 0 Å². The zero-order valence-electron chi connectivity index (χ0n) is 24.3. The lowest BCUT2D eigenvalue weighted by Crippen LogP contribution is -1.95. The predicted molar refractivity (Wildman–Crippen MR) is 188 cm³/mol. The Bertz CT molecular complexity index is 2760. The molecule has 0 fully saturated rings. The zero-order valence-corrected chi connectivity index (χ0v) is 24.3. The molecule has 0 radical (unpaired) electrons. The van der Waals surface area contributed by atoms with Crippen molar-refractivity contribution in [2.75, 3.05) is 0 Å². The van der Waals surface area contributed by atoms with E-state index in [1.54, 1.807) is 0 Å². The molecule has 10 rings (SSSR count). The van der Waals surface area contributed by atoms with E-state index < -0.39 is 0 Å². The van der Waals surface area contributed by atoms with E-state index in [1.807, 2.05) is 12.1 Å². The largest absolute Gasteiger partial charge is 0.456 e. The molecule has 3 heteroatoms. The van der Waals surface area contributed by atoms with Crippen LogP contribution in [0.15, 0.2) is 162 Å². The fourth-order valence-electron chi connectivity index (χ4n) is 7.36. The van der Waals surface area contributed by atoms with Crippen molar-refractivity contribution in [3.8, 4) is 22.5 Å². The van der Waals surface area contributed by atoms with Gasteiger partial charge in [-0.3, -0.25) is 0 Å². The van der Waals surface area contributed by atoms with E-state index in [-0.39, 0.29) is 0 Å². The molecule has 45 heavy (non-hydrogen) atoms. The van der Waals surface area contributed by atoms with Gasteiger partial charge in [-0.25, -0.2) is 0 Å². The second kappa shape index (κ2) is 9.22. The van der Waals surface area contributed by atoms with Gasteiger partial charge in [-0.05, 0) is 71.8 Å². The molecule has 0 aliphatic rings. The van der Waals surface area contributed by atoms with Crippen LogP contribution in [0.3, 0.4) is 0 Å². The standard InChI is InChI=1S/C42H26N2O/c1-2-12-29(13-3-1)43-37-19-8-5-17-35(37)41-38(43)24-23-34-31-15-4-7-18-36(31)44(42(34)41)30-14-10-11-27(25-30)28-21-22-33-32-16-6-9-20-39(32)45-40(33)26-28/h1-26H. The van der Waals surface area contributed by atoms with Crippen LogP contribution in [0, 0.1) is 0 Å². The lowest BCUT2D eigenvalue weighted by Gasteiger charge is -2.12. The third-order valence-corrected chi connectivity index (χ3v) is 9.30. The van der Waals surface area contributed by atoms with Gasteiger partial charge in [-0.15, -0.1) is 0 Å². The molecular formula is C42H26N2O. The molecule has 0 N–H and O–H groups in total. The first-order chi connectivity index (χ1) is 22.3. The molecule has 0 amide bonds. The highest BCUT2D eigenvalue weighted by atomic mass is 16.3. The van der Waals surface area contributed by atoms with E-state index in [2.05, 4.69) is 155 Å². The summed E-state index contributed by atoms with van der Waals surface area (Å²) in [6.07, 6.45) is 0. The fraction of sp³-hybridized carbons (Fsp3) is 0. The van der Waals surface area contributed by atoms with Crippen molar-refractivity contribution in [3.05, 3.63) is 158 Å². The molecular weight excluding hydrogens is 548 g/mol. The lowest BCUT2D eigenvalue weighted by molar-refractivity contribution is 0.669. The molecule has 3 heterocycles. The Morgan fingerprint density at radius 1 is 0.356 bits per heavy atom. The van der Waals surface area contributed by atoms with Crippen molar-refractivity contribution in [1.82, 2.24) is 9.13 Å². The molecule has 3 nitrogen and oxygen atoms in total. The minimum atomic E-state index is 0.909. The summed E-state index contributed by atoms with van der Waals surface area (Å²) in [5.74, 6) is 0. The Hall–Kier alpha value is -6.06. The Morgan fingerprint density at radius 2 is 1.00 bits per heavy atom. The minimum absolute atomic E-state index is 0.909. The minimum Gasteiger partial charge on any atom is -0.456 e. The van der Waals surface area contributed by atoms with Crippen LogP contribution in [0.1, 0.15) is 0 Å². The molecule has 0 bridgehead atoms. The van der Waals surface area contributed by atoms with Crippen LogP contribution >= 0.6 is 0 Å². The highest BCUT2D eigenvalue weighted by Gasteiger charge is 2.20. The summed E-state index contributed by atoms with van der Waals surface area (Å²) in [6.45, 7) is 0. The summed E-state index contributed by atoms with van der Waals surface area (Å²) in [6, 6.07) is 56.5. The number of para-hydroxylation sites is 4. The molecule has 0 aliphatic carbocycles. The zero-order chi connectivity index (χ0) is 29.5. The maximum atomic E-state index is 6.25. The number of fused-ring (bicyclic) bond motifs is 10. The highest BCUT2D eigenvalue weighted by molar-refractivity contribution is 6.26. The van der Waals surface area contributed by atoms with E-state index in [0.29, 0.717) is 0 Å². The first-order valence-electron chi connectivity index (χ1n) is 15.4. The second-order valence-electron chi connectivity index (χ2n) is 11.8. The topological polar surface area (TPSA) is 23.0 Å². The third-order valence-electron chi connectivity index (χ3n) is 9.30. The molecule has 10 aromatic rings. The highest BCUT2D eigenvalue weighted by Crippen LogP contribution is 2.42. The molecule has 0 saturated heterocycles. The van der Waals surface area contributed by atoms with Crippen LogP contribution in [-0.2, 0) is 0 Å². The van der Waals surface area contributed by atoms with E-state index in [4.69, 9.17) is 4.42 Å². The summed E-state index contributed by atoms with van der Waals surface area (Å²) in [5.41, 5.74) is 11.2. The van der Waals surface area contributed by atoms with Gasteiger partial charge in [0.2, 0.25) is 0 Å². The molecule has 0 aliphatic heterocycles.